The number of imide groups is 1. The molecule has 0 spiro atoms. The van der Waals surface area contributed by atoms with Gasteiger partial charge in [-0.3, -0.25) is 14.5 Å². The molecule has 1 aliphatic heterocycles. The van der Waals surface area contributed by atoms with Gasteiger partial charge in [0.2, 0.25) is 5.75 Å². The highest BCUT2D eigenvalue weighted by Gasteiger charge is 2.35. The van der Waals surface area contributed by atoms with Gasteiger partial charge in [-0.15, -0.1) is 0 Å². The molecular weight excluding hydrogens is 322 g/mol. The Kier molecular flexibility index (Phi) is 4.35. The summed E-state index contributed by atoms with van der Waals surface area (Å²) in [5.41, 5.74) is 2.52. The minimum absolute atomic E-state index is 0.127. The van der Waals surface area contributed by atoms with Crippen LogP contribution < -0.4 is 14.2 Å². The smallest absolute Gasteiger partial charge is 0.261 e. The number of benzene rings is 2. The molecule has 1 aliphatic rings. The van der Waals surface area contributed by atoms with E-state index in [0.717, 1.165) is 5.56 Å². The Hall–Kier alpha value is -3.02. The predicted molar refractivity (Wildman–Crippen MR) is 91.5 cm³/mol. The molecule has 2 aromatic rings. The fourth-order valence-corrected chi connectivity index (χ4v) is 2.96. The van der Waals surface area contributed by atoms with Gasteiger partial charge in [0, 0.05) is 0 Å². The quantitative estimate of drug-likeness (QED) is 0.783. The van der Waals surface area contributed by atoms with Gasteiger partial charge < -0.3 is 14.2 Å². The highest BCUT2D eigenvalue weighted by Crippen LogP contribution is 2.39. The van der Waals surface area contributed by atoms with Crippen LogP contribution in [0.1, 0.15) is 31.8 Å². The summed E-state index contributed by atoms with van der Waals surface area (Å²) in [6.07, 6.45) is 0. The van der Waals surface area contributed by atoms with Gasteiger partial charge in [0.15, 0.2) is 11.5 Å². The maximum absolute atomic E-state index is 12.6. The molecule has 0 aromatic heterocycles. The van der Waals surface area contributed by atoms with Crippen molar-refractivity contribution in [3.8, 4) is 17.2 Å². The molecule has 0 saturated heterocycles. The third kappa shape index (κ3) is 2.80. The second kappa shape index (κ2) is 6.47. The predicted octanol–water partition coefficient (Wildman–Crippen LogP) is 2.82. The second-order valence-electron chi connectivity index (χ2n) is 5.78. The number of methoxy groups -OCH3 is 3. The molecular formula is C19H19NO5. The summed E-state index contributed by atoms with van der Waals surface area (Å²) in [6, 6.07) is 8.73. The third-order valence-corrected chi connectivity index (χ3v) is 4.19. The van der Waals surface area contributed by atoms with Crippen molar-refractivity contribution in [1.82, 2.24) is 4.90 Å². The van der Waals surface area contributed by atoms with Crippen LogP contribution in [0.2, 0.25) is 0 Å². The van der Waals surface area contributed by atoms with E-state index >= 15 is 0 Å². The minimum atomic E-state index is -0.297. The van der Waals surface area contributed by atoms with E-state index in [9.17, 15) is 9.59 Å². The number of nitrogens with zero attached hydrogens (tertiary/aromatic N) is 1. The number of rotatable bonds is 5. The van der Waals surface area contributed by atoms with Gasteiger partial charge in [0.25, 0.3) is 11.8 Å². The maximum Gasteiger partial charge on any atom is 0.261 e. The van der Waals surface area contributed by atoms with Crippen molar-refractivity contribution in [2.24, 2.45) is 0 Å². The van der Waals surface area contributed by atoms with Crippen molar-refractivity contribution < 1.29 is 23.8 Å². The lowest BCUT2D eigenvalue weighted by Crippen LogP contribution is -2.29. The molecule has 1 heterocycles. The molecule has 0 saturated carbocycles. The summed E-state index contributed by atoms with van der Waals surface area (Å²) in [5.74, 6) is 0.826. The average molecular weight is 341 g/mol. The molecule has 0 bridgehead atoms. The van der Waals surface area contributed by atoms with Crippen LogP contribution in [0.5, 0.6) is 17.2 Å². The van der Waals surface area contributed by atoms with Crippen LogP contribution in [0.15, 0.2) is 30.3 Å². The fraction of sp³-hybridized carbons (Fsp3) is 0.263. The molecule has 0 N–H and O–H groups in total. The lowest BCUT2D eigenvalue weighted by atomic mass is 10.1. The number of carbonyl (C=O) groups is 2. The number of carbonyl (C=O) groups excluding carboxylic acids is 2. The summed E-state index contributed by atoms with van der Waals surface area (Å²) in [5, 5.41) is 0. The molecule has 130 valence electrons. The van der Waals surface area contributed by atoms with Crippen LogP contribution in [-0.4, -0.2) is 38.0 Å². The lowest BCUT2D eigenvalue weighted by molar-refractivity contribution is 0.0642. The number of fused-ring (bicyclic) bond motifs is 1. The maximum atomic E-state index is 12.6. The summed E-state index contributed by atoms with van der Waals surface area (Å²) >= 11 is 0. The molecule has 3 rings (SSSR count). The van der Waals surface area contributed by atoms with Crippen molar-refractivity contribution in [3.63, 3.8) is 0 Å². The molecule has 0 unspecified atom stereocenters. The molecule has 0 fully saturated rings. The van der Waals surface area contributed by atoms with E-state index < -0.39 is 0 Å². The summed E-state index contributed by atoms with van der Waals surface area (Å²) in [6.45, 7) is 2.02. The van der Waals surface area contributed by atoms with Crippen molar-refractivity contribution >= 4 is 11.8 Å². The Morgan fingerprint density at radius 2 is 1.44 bits per heavy atom. The minimum Gasteiger partial charge on any atom is -0.493 e. The van der Waals surface area contributed by atoms with Crippen LogP contribution in [0.3, 0.4) is 0 Å². The highest BCUT2D eigenvalue weighted by molar-refractivity contribution is 6.21. The largest absolute Gasteiger partial charge is 0.493 e. The Balaban J connectivity index is 1.96. The van der Waals surface area contributed by atoms with Crippen LogP contribution in [-0.2, 0) is 6.54 Å². The van der Waals surface area contributed by atoms with Crippen LogP contribution in [0.4, 0.5) is 0 Å². The van der Waals surface area contributed by atoms with Gasteiger partial charge >= 0.3 is 0 Å². The fourth-order valence-electron chi connectivity index (χ4n) is 2.96. The monoisotopic (exact) mass is 341 g/mol. The average Bonchev–Trinajstić information content (AvgIpc) is 2.85. The van der Waals surface area contributed by atoms with Gasteiger partial charge in [0.05, 0.1) is 39.0 Å². The Bertz CT molecular complexity index is 834. The number of aryl methyl sites for hydroxylation is 1. The standard InChI is InChI=1S/C19H19NO5/c1-11-5-6-13-14(7-11)19(22)20(18(13)21)10-12-8-15(23-2)17(25-4)16(9-12)24-3/h5-9H,10H2,1-4H3. The third-order valence-electron chi connectivity index (χ3n) is 4.19. The van der Waals surface area contributed by atoms with Crippen LogP contribution in [0.25, 0.3) is 0 Å². The summed E-state index contributed by atoms with van der Waals surface area (Å²) in [7, 11) is 4.56. The normalized spacial score (nSPS) is 13.0. The van der Waals surface area contributed by atoms with Crippen LogP contribution in [0, 0.1) is 6.92 Å². The first kappa shape index (κ1) is 16.8. The lowest BCUT2D eigenvalue weighted by Gasteiger charge is -2.17. The molecule has 0 radical (unpaired) electrons. The molecule has 6 nitrogen and oxygen atoms in total. The SMILES string of the molecule is COc1cc(CN2C(=O)c3ccc(C)cc3C2=O)cc(OC)c1OC. The van der Waals surface area contributed by atoms with Gasteiger partial charge in [0.1, 0.15) is 0 Å². The molecule has 2 amide bonds. The van der Waals surface area contributed by atoms with E-state index in [1.165, 1.54) is 26.2 Å². The van der Waals surface area contributed by atoms with E-state index in [0.29, 0.717) is 33.9 Å². The van der Waals surface area contributed by atoms with Gasteiger partial charge in [-0.2, -0.15) is 0 Å². The second-order valence-corrected chi connectivity index (χ2v) is 5.78. The van der Waals surface area contributed by atoms with Gasteiger partial charge in [-0.25, -0.2) is 0 Å². The topological polar surface area (TPSA) is 65.1 Å². The summed E-state index contributed by atoms with van der Waals surface area (Å²) in [4.78, 5) is 26.4. The number of hydrogen-bond donors (Lipinski definition) is 0. The van der Waals surface area contributed by atoms with E-state index in [-0.39, 0.29) is 18.4 Å². The molecule has 25 heavy (non-hydrogen) atoms. The summed E-state index contributed by atoms with van der Waals surface area (Å²) < 4.78 is 15.9. The van der Waals surface area contributed by atoms with Gasteiger partial charge in [-0.1, -0.05) is 11.6 Å². The van der Waals surface area contributed by atoms with Gasteiger partial charge in [-0.05, 0) is 36.8 Å². The first-order valence-corrected chi connectivity index (χ1v) is 7.76. The number of hydrogen-bond acceptors (Lipinski definition) is 5. The molecule has 0 aliphatic carbocycles. The van der Waals surface area contributed by atoms with E-state index in [2.05, 4.69) is 0 Å². The van der Waals surface area contributed by atoms with Crippen molar-refractivity contribution in [1.29, 1.82) is 0 Å². The first-order chi connectivity index (χ1) is 12.0. The van der Waals surface area contributed by atoms with Crippen molar-refractivity contribution in [3.05, 3.63) is 52.6 Å². The van der Waals surface area contributed by atoms with Crippen molar-refractivity contribution in [2.45, 2.75) is 13.5 Å². The highest BCUT2D eigenvalue weighted by atomic mass is 16.5. The van der Waals surface area contributed by atoms with Crippen LogP contribution >= 0.6 is 0 Å². The Morgan fingerprint density at radius 1 is 0.840 bits per heavy atom. The zero-order valence-corrected chi connectivity index (χ0v) is 14.6. The first-order valence-electron chi connectivity index (χ1n) is 7.76. The van der Waals surface area contributed by atoms with E-state index in [1.807, 2.05) is 13.0 Å². The molecule has 2 aromatic carbocycles. The molecule has 6 heteroatoms. The Morgan fingerprint density at radius 3 is 2.00 bits per heavy atom. The Labute approximate surface area is 145 Å². The zero-order chi connectivity index (χ0) is 18.1. The van der Waals surface area contributed by atoms with E-state index in [1.54, 1.807) is 24.3 Å². The zero-order valence-electron chi connectivity index (χ0n) is 14.6. The van der Waals surface area contributed by atoms with Crippen molar-refractivity contribution in [2.75, 3.05) is 21.3 Å². The number of ether oxygens (including phenoxy) is 3. The molecule has 0 atom stereocenters. The number of amides is 2. The van der Waals surface area contributed by atoms with E-state index in [4.69, 9.17) is 14.2 Å².